The Morgan fingerprint density at radius 3 is 2.34 bits per heavy atom. The Morgan fingerprint density at radius 1 is 1.17 bits per heavy atom. The number of aliphatic hydroxyl groups is 1. The Balaban J connectivity index is 0.000000420. The summed E-state index contributed by atoms with van der Waals surface area (Å²) in [7, 11) is 0. The lowest BCUT2D eigenvalue weighted by Gasteiger charge is -2.37. The Hall–Kier alpha value is -3.83. The molecule has 8 heteroatoms. The summed E-state index contributed by atoms with van der Waals surface area (Å²) in [5.41, 5.74) is 1.98. The molecule has 0 bridgehead atoms. The van der Waals surface area contributed by atoms with Gasteiger partial charge in [0.05, 0.1) is 29.7 Å². The van der Waals surface area contributed by atoms with Gasteiger partial charge in [-0.1, -0.05) is 42.5 Å². The molecular weight excluding hydrogens is 447 g/mol. The van der Waals surface area contributed by atoms with Crippen LogP contribution in [0.1, 0.15) is 50.9 Å². The molecule has 1 aliphatic heterocycles. The fraction of sp³-hybridized carbons (Fsp3) is 0.333. The summed E-state index contributed by atoms with van der Waals surface area (Å²) in [6.07, 6.45) is 3.53. The van der Waals surface area contributed by atoms with Crippen molar-refractivity contribution in [1.29, 1.82) is 5.26 Å². The Morgan fingerprint density at radius 2 is 1.86 bits per heavy atom. The van der Waals surface area contributed by atoms with Crippen LogP contribution < -0.4 is 0 Å². The molecule has 7 nitrogen and oxygen atoms in total. The maximum absolute atomic E-state index is 12.4. The monoisotopic (exact) mass is 476 g/mol. The lowest BCUT2D eigenvalue weighted by molar-refractivity contribution is -0.0309. The van der Waals surface area contributed by atoms with Crippen LogP contribution in [0, 0.1) is 17.1 Å². The molecule has 1 fully saturated rings. The van der Waals surface area contributed by atoms with Crippen molar-refractivity contribution >= 4 is 6.09 Å². The predicted octanol–water partition coefficient (Wildman–Crippen LogP) is 5.27. The number of aromatic nitrogens is 2. The fourth-order valence-electron chi connectivity index (χ4n) is 3.76. The zero-order chi connectivity index (χ0) is 25.4. The zero-order valence-electron chi connectivity index (χ0n) is 20.1. The summed E-state index contributed by atoms with van der Waals surface area (Å²) in [5.74, 6) is -0.178. The van der Waals surface area contributed by atoms with Crippen LogP contribution in [0.15, 0.2) is 67.0 Å². The first-order valence-electron chi connectivity index (χ1n) is 11.4. The molecule has 1 aromatic heterocycles. The van der Waals surface area contributed by atoms with Crippen molar-refractivity contribution in [2.24, 2.45) is 0 Å². The summed E-state index contributed by atoms with van der Waals surface area (Å²) in [6.45, 7) is 5.99. The number of ether oxygens (including phenoxy) is 1. The number of hydrogen-bond donors (Lipinski definition) is 1. The number of benzene rings is 2. The molecule has 2 atom stereocenters. The average Bonchev–Trinajstić information content (AvgIpc) is 2.84. The van der Waals surface area contributed by atoms with Crippen LogP contribution in [0.5, 0.6) is 0 Å². The number of carbonyl (C=O) groups is 1. The highest BCUT2D eigenvalue weighted by atomic mass is 19.1. The molecule has 0 saturated carbocycles. The first-order chi connectivity index (χ1) is 16.7. The molecule has 35 heavy (non-hydrogen) atoms. The molecule has 1 saturated heterocycles. The van der Waals surface area contributed by atoms with Gasteiger partial charge in [0.1, 0.15) is 18.0 Å². The highest BCUT2D eigenvalue weighted by Crippen LogP contribution is 2.29. The van der Waals surface area contributed by atoms with Crippen molar-refractivity contribution in [2.45, 2.75) is 51.4 Å². The number of amides is 1. The normalized spacial score (nSPS) is 16.4. The second kappa shape index (κ2) is 11.5. The highest BCUT2D eigenvalue weighted by Gasteiger charge is 2.33. The van der Waals surface area contributed by atoms with E-state index in [2.05, 4.69) is 9.97 Å². The van der Waals surface area contributed by atoms with Crippen LogP contribution in [0.25, 0.3) is 11.3 Å². The number of carbonyl (C=O) groups excluding carboxylic acids is 1. The van der Waals surface area contributed by atoms with E-state index < -0.39 is 5.60 Å². The van der Waals surface area contributed by atoms with Crippen LogP contribution in [0.4, 0.5) is 9.18 Å². The minimum atomic E-state index is -0.858. The van der Waals surface area contributed by atoms with E-state index >= 15 is 0 Å². The Bertz CT molecular complexity index is 1140. The molecule has 3 aromatic rings. The number of nitrogens with zero attached hydrogens (tertiary/aromatic N) is 4. The molecule has 2 unspecified atom stereocenters. The van der Waals surface area contributed by atoms with E-state index in [1.165, 1.54) is 18.3 Å². The number of cyclic esters (lactones) is 1. The van der Waals surface area contributed by atoms with E-state index in [4.69, 9.17) is 10.00 Å². The molecule has 1 aliphatic rings. The minimum Gasteiger partial charge on any atom is -0.446 e. The van der Waals surface area contributed by atoms with Crippen LogP contribution in [-0.4, -0.2) is 44.3 Å². The van der Waals surface area contributed by atoms with Crippen molar-refractivity contribution in [1.82, 2.24) is 14.9 Å². The summed E-state index contributed by atoms with van der Waals surface area (Å²) >= 11 is 0. The molecule has 182 valence electrons. The van der Waals surface area contributed by atoms with E-state index in [1.54, 1.807) is 43.1 Å². The third kappa shape index (κ3) is 7.59. The summed E-state index contributed by atoms with van der Waals surface area (Å²) in [6, 6.07) is 17.5. The van der Waals surface area contributed by atoms with Crippen molar-refractivity contribution in [2.75, 3.05) is 6.54 Å². The van der Waals surface area contributed by atoms with E-state index in [0.717, 1.165) is 11.1 Å². The number of rotatable bonds is 5. The smallest absolute Gasteiger partial charge is 0.410 e. The van der Waals surface area contributed by atoms with Crippen LogP contribution in [0.2, 0.25) is 0 Å². The fourth-order valence-corrected chi connectivity index (χ4v) is 3.76. The minimum absolute atomic E-state index is 0.128. The maximum Gasteiger partial charge on any atom is 0.410 e. The molecule has 2 aromatic carbocycles. The first kappa shape index (κ1) is 25.8. The third-order valence-corrected chi connectivity index (χ3v) is 5.58. The third-order valence-electron chi connectivity index (χ3n) is 5.58. The second-order valence-corrected chi connectivity index (χ2v) is 9.00. The zero-order valence-corrected chi connectivity index (χ0v) is 20.1. The van der Waals surface area contributed by atoms with Crippen LogP contribution >= 0.6 is 0 Å². The predicted molar refractivity (Wildman–Crippen MR) is 130 cm³/mol. The van der Waals surface area contributed by atoms with Gasteiger partial charge in [0, 0.05) is 24.9 Å². The van der Waals surface area contributed by atoms with Crippen LogP contribution in [0.3, 0.4) is 0 Å². The van der Waals surface area contributed by atoms with Gasteiger partial charge in [0.25, 0.3) is 0 Å². The lowest BCUT2D eigenvalue weighted by Crippen LogP contribution is -2.45. The average molecular weight is 477 g/mol. The number of nitriles is 1. The van der Waals surface area contributed by atoms with Gasteiger partial charge >= 0.3 is 6.09 Å². The SMILES string of the molecule is CC(c1ccc(-c2cnc(C#N)cn2)cc1)N1CCC(CC(C)(C)O)OC1=O.Fc1ccccc1. The molecule has 4 rings (SSSR count). The van der Waals surface area contributed by atoms with Crippen molar-refractivity contribution in [3.8, 4) is 17.3 Å². The molecule has 0 spiro atoms. The quantitative estimate of drug-likeness (QED) is 0.538. The summed E-state index contributed by atoms with van der Waals surface area (Å²) in [5, 5.41) is 18.7. The van der Waals surface area contributed by atoms with Gasteiger partial charge in [-0.15, -0.1) is 0 Å². The van der Waals surface area contributed by atoms with Gasteiger partial charge in [-0.3, -0.25) is 4.98 Å². The molecule has 1 N–H and O–H groups in total. The largest absolute Gasteiger partial charge is 0.446 e. The van der Waals surface area contributed by atoms with Gasteiger partial charge in [0.2, 0.25) is 0 Å². The first-order valence-corrected chi connectivity index (χ1v) is 11.4. The van der Waals surface area contributed by atoms with Gasteiger partial charge in [-0.2, -0.15) is 5.26 Å². The molecule has 0 aliphatic carbocycles. The number of hydrogen-bond acceptors (Lipinski definition) is 6. The summed E-state index contributed by atoms with van der Waals surface area (Å²) < 4.78 is 17.4. The highest BCUT2D eigenvalue weighted by molar-refractivity contribution is 5.69. The van der Waals surface area contributed by atoms with Gasteiger partial charge in [-0.05, 0) is 38.5 Å². The van der Waals surface area contributed by atoms with E-state index in [0.29, 0.717) is 25.1 Å². The van der Waals surface area contributed by atoms with Crippen LogP contribution in [-0.2, 0) is 4.74 Å². The molecular formula is C27H29FN4O3. The van der Waals surface area contributed by atoms with Gasteiger partial charge in [-0.25, -0.2) is 14.2 Å². The lowest BCUT2D eigenvalue weighted by atomic mass is 9.97. The molecule has 1 amide bonds. The van der Waals surface area contributed by atoms with Gasteiger partial charge < -0.3 is 14.7 Å². The van der Waals surface area contributed by atoms with Crippen molar-refractivity contribution in [3.05, 3.63) is 84.1 Å². The van der Waals surface area contributed by atoms with Crippen molar-refractivity contribution in [3.63, 3.8) is 0 Å². The van der Waals surface area contributed by atoms with Gasteiger partial charge in [0.15, 0.2) is 5.69 Å². The van der Waals surface area contributed by atoms with E-state index in [1.807, 2.05) is 37.3 Å². The molecule has 2 heterocycles. The summed E-state index contributed by atoms with van der Waals surface area (Å²) in [4.78, 5) is 22.4. The van der Waals surface area contributed by atoms with E-state index in [-0.39, 0.29) is 29.8 Å². The topological polar surface area (TPSA) is 99.3 Å². The number of halogens is 1. The maximum atomic E-state index is 12.4. The standard InChI is InChI=1S/C21H24N4O3.C6H5F/c1-14(25-9-8-18(28-20(25)26)10-21(2,3)27)15-4-6-16(7-5-15)19-13-23-17(11-22)12-24-19;7-6-4-2-1-3-5-6/h4-7,12-14,18,27H,8-10H2,1-3H3;1-5H. The molecule has 0 radical (unpaired) electrons. The Labute approximate surface area is 204 Å². The second-order valence-electron chi connectivity index (χ2n) is 9.00. The van der Waals surface area contributed by atoms with E-state index in [9.17, 15) is 14.3 Å². The van der Waals surface area contributed by atoms with Crippen molar-refractivity contribution < 1.29 is 19.0 Å². The Kier molecular flexibility index (Phi) is 8.50.